The molecule has 0 amide bonds. The lowest BCUT2D eigenvalue weighted by Crippen LogP contribution is -2.04. The Kier molecular flexibility index (Phi) is 3.30. The molecule has 0 radical (unpaired) electrons. The lowest BCUT2D eigenvalue weighted by Gasteiger charge is -2.00. The number of nitrogens with zero attached hydrogens (tertiary/aromatic N) is 3. The van der Waals surface area contributed by atoms with Crippen LogP contribution in [-0.2, 0) is 0 Å². The van der Waals surface area contributed by atoms with Gasteiger partial charge < -0.3 is 11.1 Å². The average Bonchev–Trinajstić information content (AvgIpc) is 2.37. The fourth-order valence-electron chi connectivity index (χ4n) is 1.33. The molecular formula is C12H13N5. The number of nitrogen functional groups attached to an aromatic ring is 1. The van der Waals surface area contributed by atoms with Crippen LogP contribution in [0.4, 0.5) is 11.9 Å². The van der Waals surface area contributed by atoms with Crippen molar-refractivity contribution in [3.63, 3.8) is 0 Å². The van der Waals surface area contributed by atoms with Gasteiger partial charge in [0.05, 0.1) is 0 Å². The second kappa shape index (κ2) is 5.07. The zero-order chi connectivity index (χ0) is 12.1. The molecule has 0 atom stereocenters. The second-order valence-corrected chi connectivity index (χ2v) is 3.37. The Labute approximate surface area is 99.4 Å². The Hall–Kier alpha value is -2.43. The highest BCUT2D eigenvalue weighted by Crippen LogP contribution is 2.07. The van der Waals surface area contributed by atoms with Crippen LogP contribution in [-0.4, -0.2) is 22.0 Å². The third-order valence-electron chi connectivity index (χ3n) is 2.12. The summed E-state index contributed by atoms with van der Waals surface area (Å²) >= 11 is 0. The molecule has 3 N–H and O–H groups in total. The molecular weight excluding hydrogens is 214 g/mol. The summed E-state index contributed by atoms with van der Waals surface area (Å²) in [6, 6.07) is 9.92. The van der Waals surface area contributed by atoms with Gasteiger partial charge in [-0.15, -0.1) is 0 Å². The van der Waals surface area contributed by atoms with Crippen molar-refractivity contribution in [3.8, 4) is 0 Å². The highest BCUT2D eigenvalue weighted by molar-refractivity contribution is 5.67. The summed E-state index contributed by atoms with van der Waals surface area (Å²) in [5, 5.41) is 2.83. The number of nitrogens with one attached hydrogen (secondary N) is 1. The summed E-state index contributed by atoms with van der Waals surface area (Å²) in [5.74, 6) is 1.20. The molecule has 5 nitrogen and oxygen atoms in total. The van der Waals surface area contributed by atoms with Crippen LogP contribution < -0.4 is 11.1 Å². The van der Waals surface area contributed by atoms with E-state index < -0.39 is 0 Å². The van der Waals surface area contributed by atoms with Gasteiger partial charge in [0, 0.05) is 7.05 Å². The topological polar surface area (TPSA) is 76.7 Å². The Balaban J connectivity index is 2.24. The SMILES string of the molecule is CNc1nc(N)nc(C=Cc2ccccc2)n1. The number of aromatic nitrogens is 3. The van der Waals surface area contributed by atoms with Gasteiger partial charge in [0.2, 0.25) is 11.9 Å². The summed E-state index contributed by atoms with van der Waals surface area (Å²) < 4.78 is 0. The van der Waals surface area contributed by atoms with Gasteiger partial charge >= 0.3 is 0 Å². The maximum atomic E-state index is 5.57. The zero-order valence-electron chi connectivity index (χ0n) is 9.46. The highest BCUT2D eigenvalue weighted by Gasteiger charge is 1.99. The van der Waals surface area contributed by atoms with Gasteiger partial charge in [-0.1, -0.05) is 36.4 Å². The minimum absolute atomic E-state index is 0.206. The molecule has 0 aliphatic carbocycles. The molecule has 2 aromatic rings. The van der Waals surface area contributed by atoms with Crippen molar-refractivity contribution in [3.05, 3.63) is 41.7 Å². The zero-order valence-corrected chi connectivity index (χ0v) is 9.46. The number of hydrogen-bond acceptors (Lipinski definition) is 5. The fourth-order valence-corrected chi connectivity index (χ4v) is 1.33. The van der Waals surface area contributed by atoms with Gasteiger partial charge in [0.1, 0.15) is 0 Å². The summed E-state index contributed by atoms with van der Waals surface area (Å²) in [5.41, 5.74) is 6.65. The molecule has 1 heterocycles. The first-order valence-electron chi connectivity index (χ1n) is 5.20. The molecule has 0 bridgehead atoms. The Morgan fingerprint density at radius 1 is 1.06 bits per heavy atom. The van der Waals surface area contributed by atoms with E-state index in [2.05, 4.69) is 20.3 Å². The van der Waals surface area contributed by atoms with Crippen LogP contribution in [0.5, 0.6) is 0 Å². The van der Waals surface area contributed by atoms with Crippen molar-refractivity contribution >= 4 is 24.0 Å². The van der Waals surface area contributed by atoms with E-state index in [1.807, 2.05) is 36.4 Å². The summed E-state index contributed by atoms with van der Waals surface area (Å²) in [4.78, 5) is 12.1. The molecule has 0 aliphatic rings. The van der Waals surface area contributed by atoms with Crippen LogP contribution >= 0.6 is 0 Å². The predicted octanol–water partition coefficient (Wildman–Crippen LogP) is 1.67. The Morgan fingerprint density at radius 2 is 1.82 bits per heavy atom. The first-order valence-corrected chi connectivity index (χ1v) is 5.20. The molecule has 0 spiro atoms. The largest absolute Gasteiger partial charge is 0.368 e. The normalized spacial score (nSPS) is 10.6. The first kappa shape index (κ1) is 11.1. The van der Waals surface area contributed by atoms with E-state index >= 15 is 0 Å². The van der Waals surface area contributed by atoms with Gasteiger partial charge in [0.15, 0.2) is 5.82 Å². The maximum absolute atomic E-state index is 5.57. The summed E-state index contributed by atoms with van der Waals surface area (Å²) in [7, 11) is 1.74. The Bertz CT molecular complexity index is 522. The molecule has 17 heavy (non-hydrogen) atoms. The molecule has 0 saturated heterocycles. The quantitative estimate of drug-likeness (QED) is 0.834. The third-order valence-corrected chi connectivity index (χ3v) is 2.12. The van der Waals surface area contributed by atoms with Crippen molar-refractivity contribution in [2.24, 2.45) is 0 Å². The van der Waals surface area contributed by atoms with Crippen LogP contribution in [0.1, 0.15) is 11.4 Å². The van der Waals surface area contributed by atoms with Crippen LogP contribution in [0, 0.1) is 0 Å². The fraction of sp³-hybridized carbons (Fsp3) is 0.0833. The first-order chi connectivity index (χ1) is 8.28. The van der Waals surface area contributed by atoms with E-state index in [9.17, 15) is 0 Å². The lowest BCUT2D eigenvalue weighted by atomic mass is 10.2. The van der Waals surface area contributed by atoms with E-state index in [1.54, 1.807) is 13.1 Å². The van der Waals surface area contributed by atoms with Crippen LogP contribution in [0.15, 0.2) is 30.3 Å². The second-order valence-electron chi connectivity index (χ2n) is 3.37. The van der Waals surface area contributed by atoms with Gasteiger partial charge in [-0.3, -0.25) is 0 Å². The van der Waals surface area contributed by atoms with Crippen molar-refractivity contribution in [1.82, 2.24) is 15.0 Å². The molecule has 0 aliphatic heterocycles. The predicted molar refractivity (Wildman–Crippen MR) is 69.2 cm³/mol. The molecule has 5 heteroatoms. The van der Waals surface area contributed by atoms with Crippen molar-refractivity contribution in [2.75, 3.05) is 18.1 Å². The monoisotopic (exact) mass is 227 g/mol. The highest BCUT2D eigenvalue weighted by atomic mass is 15.2. The van der Waals surface area contributed by atoms with Crippen molar-refractivity contribution < 1.29 is 0 Å². The van der Waals surface area contributed by atoms with Crippen LogP contribution in [0.3, 0.4) is 0 Å². The molecule has 2 rings (SSSR count). The third kappa shape index (κ3) is 3.01. The van der Waals surface area contributed by atoms with Crippen LogP contribution in [0.2, 0.25) is 0 Å². The van der Waals surface area contributed by atoms with E-state index in [1.165, 1.54) is 0 Å². The summed E-state index contributed by atoms with van der Waals surface area (Å²) in [6.45, 7) is 0. The van der Waals surface area contributed by atoms with Gasteiger partial charge in [-0.2, -0.15) is 15.0 Å². The standard InChI is InChI=1S/C12H13N5/c1-14-12-16-10(15-11(13)17-12)8-7-9-5-3-2-4-6-9/h2-8H,1H3,(H3,13,14,15,16,17). The molecule has 0 unspecified atom stereocenters. The molecule has 1 aromatic carbocycles. The van der Waals surface area contributed by atoms with Gasteiger partial charge in [-0.25, -0.2) is 0 Å². The summed E-state index contributed by atoms with van der Waals surface area (Å²) in [6.07, 6.45) is 3.72. The minimum Gasteiger partial charge on any atom is -0.368 e. The molecule has 86 valence electrons. The van der Waals surface area contributed by atoms with Crippen LogP contribution in [0.25, 0.3) is 12.2 Å². The maximum Gasteiger partial charge on any atom is 0.227 e. The molecule has 1 aromatic heterocycles. The number of rotatable bonds is 3. The number of nitrogens with two attached hydrogens (primary N) is 1. The van der Waals surface area contributed by atoms with Crippen molar-refractivity contribution in [1.29, 1.82) is 0 Å². The van der Waals surface area contributed by atoms with E-state index in [0.717, 1.165) is 5.56 Å². The van der Waals surface area contributed by atoms with E-state index in [0.29, 0.717) is 11.8 Å². The lowest BCUT2D eigenvalue weighted by molar-refractivity contribution is 1.04. The molecule has 0 fully saturated rings. The smallest absolute Gasteiger partial charge is 0.227 e. The minimum atomic E-state index is 0.206. The van der Waals surface area contributed by atoms with Gasteiger partial charge in [0.25, 0.3) is 0 Å². The van der Waals surface area contributed by atoms with E-state index in [-0.39, 0.29) is 5.95 Å². The number of anilines is 2. The Morgan fingerprint density at radius 3 is 2.53 bits per heavy atom. The van der Waals surface area contributed by atoms with Gasteiger partial charge in [-0.05, 0) is 11.6 Å². The van der Waals surface area contributed by atoms with E-state index in [4.69, 9.17) is 5.73 Å². The van der Waals surface area contributed by atoms with Crippen molar-refractivity contribution in [2.45, 2.75) is 0 Å². The molecule has 0 saturated carbocycles. The number of hydrogen-bond donors (Lipinski definition) is 2. The number of benzene rings is 1. The average molecular weight is 227 g/mol.